The second-order valence-electron chi connectivity index (χ2n) is 7.22. The lowest BCUT2D eigenvalue weighted by Gasteiger charge is -2.25. The average molecular weight is 392 g/mol. The van der Waals surface area contributed by atoms with Gasteiger partial charge in [-0.25, -0.2) is 4.79 Å². The van der Waals surface area contributed by atoms with Gasteiger partial charge in [0.05, 0.1) is 5.56 Å². The van der Waals surface area contributed by atoms with E-state index in [1.54, 1.807) is 24.1 Å². The van der Waals surface area contributed by atoms with E-state index in [4.69, 9.17) is 9.84 Å². The highest BCUT2D eigenvalue weighted by atomic mass is 16.5. The van der Waals surface area contributed by atoms with Crippen molar-refractivity contribution in [2.24, 2.45) is 5.92 Å². The molecular formula is C20H28N2O6. The first-order valence-electron chi connectivity index (χ1n) is 9.52. The van der Waals surface area contributed by atoms with Crippen molar-refractivity contribution in [2.75, 3.05) is 13.6 Å². The molecule has 1 fully saturated rings. The normalized spacial score (nSPS) is 15.4. The smallest absolute Gasteiger partial charge is 0.394 e. The number of rotatable bonds is 9. The van der Waals surface area contributed by atoms with Crippen LogP contribution < -0.4 is 10.1 Å². The van der Waals surface area contributed by atoms with Gasteiger partial charge in [-0.05, 0) is 49.8 Å². The van der Waals surface area contributed by atoms with Crippen LogP contribution in [-0.2, 0) is 9.59 Å². The summed E-state index contributed by atoms with van der Waals surface area (Å²) < 4.78 is 6.02. The monoisotopic (exact) mass is 392 g/mol. The molecule has 1 aliphatic carbocycles. The number of aliphatic carboxylic acids is 1. The Morgan fingerprint density at radius 1 is 1.32 bits per heavy atom. The van der Waals surface area contributed by atoms with Crippen molar-refractivity contribution in [1.29, 1.82) is 0 Å². The zero-order valence-corrected chi connectivity index (χ0v) is 16.5. The second-order valence-corrected chi connectivity index (χ2v) is 7.22. The van der Waals surface area contributed by atoms with Gasteiger partial charge in [0.15, 0.2) is 0 Å². The van der Waals surface area contributed by atoms with Gasteiger partial charge in [-0.1, -0.05) is 13.8 Å². The molecule has 154 valence electrons. The van der Waals surface area contributed by atoms with Crippen LogP contribution in [0.5, 0.6) is 11.5 Å². The first kappa shape index (κ1) is 21.5. The lowest BCUT2D eigenvalue weighted by molar-refractivity contribution is -0.150. The van der Waals surface area contributed by atoms with Crippen LogP contribution in [0.1, 0.15) is 49.9 Å². The fraction of sp³-hybridized carbons (Fsp3) is 0.550. The fourth-order valence-electron chi connectivity index (χ4n) is 3.03. The molecule has 2 atom stereocenters. The average Bonchev–Trinajstić information content (AvgIpc) is 3.51. The lowest BCUT2D eigenvalue weighted by Crippen LogP contribution is -2.34. The van der Waals surface area contributed by atoms with Crippen molar-refractivity contribution < 1.29 is 29.3 Å². The predicted molar refractivity (Wildman–Crippen MR) is 102 cm³/mol. The summed E-state index contributed by atoms with van der Waals surface area (Å²) in [5, 5.41) is 21.0. The van der Waals surface area contributed by atoms with Crippen LogP contribution in [0, 0.1) is 5.92 Å². The topological polar surface area (TPSA) is 116 Å². The molecule has 0 aromatic heterocycles. The number of phenolic OH excluding ortho intramolecular Hbond substituents is 1. The number of carboxylic acid groups (broad SMARTS) is 1. The Kier molecular flexibility index (Phi) is 7.25. The van der Waals surface area contributed by atoms with Gasteiger partial charge in [0.25, 0.3) is 5.91 Å². The van der Waals surface area contributed by atoms with Gasteiger partial charge in [0.1, 0.15) is 17.6 Å². The van der Waals surface area contributed by atoms with Gasteiger partial charge in [0.2, 0.25) is 0 Å². The van der Waals surface area contributed by atoms with Crippen LogP contribution in [-0.4, -0.2) is 58.6 Å². The molecule has 1 aromatic carbocycles. The molecule has 1 aromatic rings. The first-order valence-corrected chi connectivity index (χ1v) is 9.52. The maximum absolute atomic E-state index is 12.6. The molecule has 0 heterocycles. The molecule has 28 heavy (non-hydrogen) atoms. The summed E-state index contributed by atoms with van der Waals surface area (Å²) in [4.78, 5) is 35.8. The number of benzene rings is 1. The Labute approximate surface area is 164 Å². The highest BCUT2D eigenvalue weighted by Crippen LogP contribution is 2.31. The fourth-order valence-corrected chi connectivity index (χ4v) is 3.03. The Balaban J connectivity index is 1.99. The largest absolute Gasteiger partial charge is 0.507 e. The Bertz CT molecular complexity index is 731. The Morgan fingerprint density at radius 2 is 2.00 bits per heavy atom. The summed E-state index contributed by atoms with van der Waals surface area (Å²) in [7, 11) is 1.73. The molecule has 0 radical (unpaired) electrons. The summed E-state index contributed by atoms with van der Waals surface area (Å²) in [6, 6.07) is 4.86. The van der Waals surface area contributed by atoms with Crippen molar-refractivity contribution in [3.8, 4) is 11.5 Å². The highest BCUT2D eigenvalue weighted by Gasteiger charge is 2.31. The molecule has 0 saturated heterocycles. The summed E-state index contributed by atoms with van der Waals surface area (Å²) in [5.74, 6) is -2.32. The van der Waals surface area contributed by atoms with Gasteiger partial charge in [-0.15, -0.1) is 0 Å². The molecule has 1 saturated carbocycles. The Morgan fingerprint density at radius 3 is 2.57 bits per heavy atom. The summed E-state index contributed by atoms with van der Waals surface area (Å²) in [6.07, 6.45) is 3.02. The SMILES string of the molecule is CCC(Oc1ccc(O)c(C(=O)N(C)C2CC2)c1)C(C)CCNC(=O)C(=O)O. The predicted octanol–water partition coefficient (Wildman–Crippen LogP) is 2.01. The molecule has 8 nitrogen and oxygen atoms in total. The van der Waals surface area contributed by atoms with Gasteiger partial charge in [0, 0.05) is 19.6 Å². The van der Waals surface area contributed by atoms with Gasteiger partial charge in [-0.2, -0.15) is 0 Å². The van der Waals surface area contributed by atoms with E-state index < -0.39 is 11.9 Å². The number of carbonyl (C=O) groups is 3. The van der Waals surface area contributed by atoms with Crippen LogP contribution in [0.15, 0.2) is 18.2 Å². The van der Waals surface area contributed by atoms with Crippen LogP contribution >= 0.6 is 0 Å². The van der Waals surface area contributed by atoms with E-state index in [2.05, 4.69) is 5.32 Å². The van der Waals surface area contributed by atoms with Crippen molar-refractivity contribution in [1.82, 2.24) is 10.2 Å². The van der Waals surface area contributed by atoms with Crippen molar-refractivity contribution in [3.63, 3.8) is 0 Å². The molecule has 1 aliphatic rings. The van der Waals surface area contributed by atoms with Gasteiger partial charge in [-0.3, -0.25) is 9.59 Å². The number of ether oxygens (including phenoxy) is 1. The van der Waals surface area contributed by atoms with Gasteiger partial charge < -0.3 is 25.2 Å². The molecule has 0 spiro atoms. The molecule has 2 amide bonds. The molecular weight excluding hydrogens is 364 g/mol. The number of aromatic hydroxyl groups is 1. The zero-order chi connectivity index (χ0) is 20.8. The number of carboxylic acids is 1. The molecule has 0 bridgehead atoms. The number of nitrogens with one attached hydrogen (secondary N) is 1. The minimum atomic E-state index is -1.51. The number of phenols is 1. The van der Waals surface area contributed by atoms with E-state index >= 15 is 0 Å². The van der Waals surface area contributed by atoms with Crippen molar-refractivity contribution >= 4 is 17.8 Å². The number of carbonyl (C=O) groups excluding carboxylic acids is 2. The van der Waals surface area contributed by atoms with Crippen LogP contribution in [0.3, 0.4) is 0 Å². The summed E-state index contributed by atoms with van der Waals surface area (Å²) in [6.45, 7) is 4.15. The highest BCUT2D eigenvalue weighted by molar-refractivity contribution is 6.31. The van der Waals surface area contributed by atoms with E-state index in [1.165, 1.54) is 6.07 Å². The van der Waals surface area contributed by atoms with E-state index in [-0.39, 0.29) is 41.8 Å². The standard InChI is InChI=1S/C20H28N2O6/c1-4-17(12(2)9-10-21-18(24)20(26)27)28-14-7-8-16(23)15(11-14)19(25)22(3)13-5-6-13/h7-8,11-13,17,23H,4-6,9-10H2,1-3H3,(H,21,24)(H,26,27). The summed E-state index contributed by atoms with van der Waals surface area (Å²) >= 11 is 0. The first-order chi connectivity index (χ1) is 13.2. The number of hydrogen-bond donors (Lipinski definition) is 3. The van der Waals surface area contributed by atoms with Crippen molar-refractivity contribution in [3.05, 3.63) is 23.8 Å². The van der Waals surface area contributed by atoms with E-state index in [1.807, 2.05) is 13.8 Å². The minimum absolute atomic E-state index is 0.0428. The van der Waals surface area contributed by atoms with E-state index in [9.17, 15) is 19.5 Å². The van der Waals surface area contributed by atoms with Crippen LogP contribution in [0.2, 0.25) is 0 Å². The second kappa shape index (κ2) is 9.43. The summed E-state index contributed by atoms with van der Waals surface area (Å²) in [5.41, 5.74) is 0.211. The minimum Gasteiger partial charge on any atom is -0.507 e. The quantitative estimate of drug-likeness (QED) is 0.554. The lowest BCUT2D eigenvalue weighted by atomic mass is 9.98. The van der Waals surface area contributed by atoms with E-state index in [0.29, 0.717) is 18.6 Å². The van der Waals surface area contributed by atoms with Gasteiger partial charge >= 0.3 is 11.9 Å². The number of hydrogen-bond acceptors (Lipinski definition) is 5. The van der Waals surface area contributed by atoms with Crippen LogP contribution in [0.25, 0.3) is 0 Å². The zero-order valence-electron chi connectivity index (χ0n) is 16.5. The van der Waals surface area contributed by atoms with Crippen molar-refractivity contribution in [2.45, 2.75) is 51.7 Å². The maximum atomic E-state index is 12.6. The maximum Gasteiger partial charge on any atom is 0.394 e. The third-order valence-electron chi connectivity index (χ3n) is 5.02. The van der Waals surface area contributed by atoms with Crippen LogP contribution in [0.4, 0.5) is 0 Å². The molecule has 2 rings (SSSR count). The van der Waals surface area contributed by atoms with E-state index in [0.717, 1.165) is 12.8 Å². The third-order valence-corrected chi connectivity index (χ3v) is 5.02. The third kappa shape index (κ3) is 5.61. The Hall–Kier alpha value is -2.77. The molecule has 3 N–H and O–H groups in total. The molecule has 8 heteroatoms. The molecule has 0 aliphatic heterocycles. The number of nitrogens with zero attached hydrogens (tertiary/aromatic N) is 1. The number of amides is 2. The molecule has 2 unspecified atom stereocenters.